The summed E-state index contributed by atoms with van der Waals surface area (Å²) in [4.78, 5) is 32.9. The molecule has 0 radical (unpaired) electrons. The molecule has 290 valence electrons. The van der Waals surface area contributed by atoms with Crippen molar-refractivity contribution in [3.63, 3.8) is 0 Å². The topological polar surface area (TPSA) is 119 Å². The SMILES string of the molecule is CCN1C[C@@H]2C[C@H]1CN2C(=O)c1cnn(C2CCC2)c1C1=Cc2cc(OC)ccc2-c2c(C3CCCCC3)c3ccc(C(=O)NS(=O)(=O)C(C)C)cc3n2C1. The molecule has 2 saturated carbocycles. The third-order valence-corrected chi connectivity index (χ3v) is 14.9. The molecule has 2 aromatic carbocycles. The average molecular weight is 765 g/mol. The Morgan fingerprint density at radius 1 is 0.945 bits per heavy atom. The number of rotatable bonds is 9. The van der Waals surface area contributed by atoms with Crippen LogP contribution in [0.4, 0.5) is 0 Å². The number of carbonyl (C=O) groups is 2. The van der Waals surface area contributed by atoms with Crippen molar-refractivity contribution in [1.29, 1.82) is 0 Å². The number of ether oxygens (including phenoxy) is 1. The van der Waals surface area contributed by atoms with E-state index in [0.717, 1.165) is 116 Å². The van der Waals surface area contributed by atoms with Crippen LogP contribution in [-0.2, 0) is 16.6 Å². The van der Waals surface area contributed by atoms with Gasteiger partial charge >= 0.3 is 0 Å². The number of hydrogen-bond acceptors (Lipinski definition) is 7. The molecular weight excluding hydrogens is 713 g/mol. The number of methoxy groups -OCH3 is 1. The van der Waals surface area contributed by atoms with Crippen molar-refractivity contribution in [2.24, 2.45) is 0 Å². The highest BCUT2D eigenvalue weighted by molar-refractivity contribution is 7.90. The molecule has 5 aliphatic rings. The molecule has 2 atom stereocenters. The maximum Gasteiger partial charge on any atom is 0.264 e. The molecule has 4 aromatic rings. The lowest BCUT2D eigenvalue weighted by atomic mass is 9.81. The molecule has 55 heavy (non-hydrogen) atoms. The molecule has 2 bridgehead atoms. The molecular formula is C43H52N6O5S. The van der Waals surface area contributed by atoms with Crippen LogP contribution in [0.2, 0.25) is 0 Å². The number of nitrogens with one attached hydrogen (secondary N) is 1. The van der Waals surface area contributed by atoms with E-state index >= 15 is 0 Å². The molecule has 1 N–H and O–H groups in total. The third-order valence-electron chi connectivity index (χ3n) is 13.2. The molecule has 5 heterocycles. The number of piperazine rings is 1. The van der Waals surface area contributed by atoms with Crippen molar-refractivity contribution in [3.8, 4) is 17.0 Å². The standard InChI is InChI=1S/C43H52N6O5S/c1-5-46-24-33-21-32(46)25-47(33)43(51)37-22-44-49(31-12-9-13-31)40(37)30-18-29-19-34(54-4)15-17-35(29)41-39(27-10-7-6-8-11-27)36-16-14-28(20-38(36)48(41)23-30)42(50)45-55(52,53)26(2)3/h14-20,22,26-27,31-33H,5-13,21,23-25H2,1-4H3,(H,45,50)/t32-,33-/m0/s1. The number of likely N-dealkylation sites (N-methyl/N-ethyl adjacent to an activating group) is 1. The maximum absolute atomic E-state index is 14.7. The molecule has 2 aromatic heterocycles. The number of nitrogens with zero attached hydrogens (tertiary/aromatic N) is 5. The van der Waals surface area contributed by atoms with Crippen LogP contribution < -0.4 is 9.46 Å². The van der Waals surface area contributed by atoms with Crippen molar-refractivity contribution in [2.75, 3.05) is 26.7 Å². The molecule has 2 aliphatic carbocycles. The minimum absolute atomic E-state index is 0.0469. The maximum atomic E-state index is 14.7. The highest BCUT2D eigenvalue weighted by Gasteiger charge is 2.46. The van der Waals surface area contributed by atoms with Gasteiger partial charge in [-0.05, 0) is 118 Å². The number of amides is 2. The Kier molecular flexibility index (Phi) is 9.19. The Morgan fingerprint density at radius 2 is 1.75 bits per heavy atom. The first-order chi connectivity index (χ1) is 26.6. The zero-order chi connectivity index (χ0) is 38.2. The van der Waals surface area contributed by atoms with E-state index in [1.165, 1.54) is 12.0 Å². The second-order valence-electron chi connectivity index (χ2n) is 16.6. The van der Waals surface area contributed by atoms with Crippen LogP contribution in [0.3, 0.4) is 0 Å². The van der Waals surface area contributed by atoms with Crippen molar-refractivity contribution >= 4 is 44.4 Å². The van der Waals surface area contributed by atoms with E-state index in [4.69, 9.17) is 9.84 Å². The summed E-state index contributed by atoms with van der Waals surface area (Å²) in [7, 11) is -2.15. The van der Waals surface area contributed by atoms with E-state index in [1.807, 2.05) is 18.2 Å². The van der Waals surface area contributed by atoms with Gasteiger partial charge in [0.15, 0.2) is 0 Å². The molecule has 4 fully saturated rings. The number of carbonyl (C=O) groups excluding carboxylic acids is 2. The zero-order valence-electron chi connectivity index (χ0n) is 32.4. The molecule has 9 rings (SSSR count). The van der Waals surface area contributed by atoms with E-state index in [9.17, 15) is 18.0 Å². The van der Waals surface area contributed by atoms with Crippen molar-refractivity contribution in [2.45, 2.75) is 114 Å². The lowest BCUT2D eigenvalue weighted by Gasteiger charge is -2.34. The smallest absolute Gasteiger partial charge is 0.264 e. The van der Waals surface area contributed by atoms with Gasteiger partial charge in [0.25, 0.3) is 11.8 Å². The number of allylic oxidation sites excluding steroid dienone is 1. The van der Waals surface area contributed by atoms with E-state index < -0.39 is 21.2 Å². The number of benzene rings is 2. The van der Waals surface area contributed by atoms with Gasteiger partial charge in [0.1, 0.15) is 5.75 Å². The van der Waals surface area contributed by atoms with E-state index in [-0.39, 0.29) is 23.6 Å². The van der Waals surface area contributed by atoms with Crippen LogP contribution in [0, 0.1) is 0 Å². The molecule has 12 heteroatoms. The largest absolute Gasteiger partial charge is 0.497 e. The first kappa shape index (κ1) is 36.2. The number of likely N-dealkylation sites (tertiary alicyclic amines) is 2. The normalized spacial score (nSPS) is 21.7. The van der Waals surface area contributed by atoms with Gasteiger partial charge in [-0.1, -0.05) is 32.3 Å². The Morgan fingerprint density at radius 3 is 2.42 bits per heavy atom. The second kappa shape index (κ2) is 14.0. The number of sulfonamides is 1. The number of hydrogen-bond donors (Lipinski definition) is 1. The van der Waals surface area contributed by atoms with Crippen LogP contribution in [0.15, 0.2) is 42.6 Å². The van der Waals surface area contributed by atoms with Gasteiger partial charge in [-0.25, -0.2) is 13.1 Å². The minimum atomic E-state index is -3.83. The zero-order valence-corrected chi connectivity index (χ0v) is 33.2. The van der Waals surface area contributed by atoms with Crippen LogP contribution in [0.1, 0.15) is 128 Å². The average Bonchev–Trinajstić information content (AvgIpc) is 3.93. The summed E-state index contributed by atoms with van der Waals surface area (Å²) in [6.45, 7) is 8.40. The molecule has 2 amide bonds. The summed E-state index contributed by atoms with van der Waals surface area (Å²) < 4.78 is 38.1. The van der Waals surface area contributed by atoms with Crippen molar-refractivity contribution in [3.05, 3.63) is 70.5 Å². The summed E-state index contributed by atoms with van der Waals surface area (Å²) >= 11 is 0. The summed E-state index contributed by atoms with van der Waals surface area (Å²) in [6.07, 6.45) is 13.9. The van der Waals surface area contributed by atoms with E-state index in [1.54, 1.807) is 33.2 Å². The number of fused-ring (bicyclic) bond motifs is 7. The molecule has 2 saturated heterocycles. The quantitative estimate of drug-likeness (QED) is 0.191. The number of aromatic nitrogens is 3. The fourth-order valence-corrected chi connectivity index (χ4v) is 10.5. The Bertz CT molecular complexity index is 2330. The van der Waals surface area contributed by atoms with Gasteiger partial charge in [-0.2, -0.15) is 5.10 Å². The third kappa shape index (κ3) is 6.11. The summed E-state index contributed by atoms with van der Waals surface area (Å²) in [6, 6.07) is 12.7. The Labute approximate surface area is 323 Å². The Hall–Kier alpha value is -4.42. The first-order valence-electron chi connectivity index (χ1n) is 20.3. The lowest BCUT2D eigenvalue weighted by Crippen LogP contribution is -2.48. The predicted molar refractivity (Wildman–Crippen MR) is 215 cm³/mol. The molecule has 0 unspecified atom stereocenters. The molecule has 0 spiro atoms. The van der Waals surface area contributed by atoms with Crippen LogP contribution in [-0.4, -0.2) is 88.5 Å². The second-order valence-corrected chi connectivity index (χ2v) is 18.8. The van der Waals surface area contributed by atoms with Gasteiger partial charge in [0.05, 0.1) is 48.1 Å². The van der Waals surface area contributed by atoms with Gasteiger partial charge in [-0.15, -0.1) is 0 Å². The van der Waals surface area contributed by atoms with Gasteiger partial charge in [-0.3, -0.25) is 19.2 Å². The van der Waals surface area contributed by atoms with Crippen LogP contribution in [0.25, 0.3) is 33.8 Å². The lowest BCUT2D eigenvalue weighted by molar-refractivity contribution is 0.0630. The van der Waals surface area contributed by atoms with Gasteiger partial charge in [0, 0.05) is 47.2 Å². The Balaban J connectivity index is 1.24. The minimum Gasteiger partial charge on any atom is -0.497 e. The van der Waals surface area contributed by atoms with E-state index in [0.29, 0.717) is 24.1 Å². The molecule has 3 aliphatic heterocycles. The summed E-state index contributed by atoms with van der Waals surface area (Å²) in [5.74, 6) is 0.486. The highest BCUT2D eigenvalue weighted by Crippen LogP contribution is 2.49. The summed E-state index contributed by atoms with van der Waals surface area (Å²) in [5.41, 5.74) is 8.11. The van der Waals surface area contributed by atoms with E-state index in [2.05, 4.69) is 48.9 Å². The first-order valence-corrected chi connectivity index (χ1v) is 21.8. The van der Waals surface area contributed by atoms with Gasteiger partial charge < -0.3 is 14.2 Å². The van der Waals surface area contributed by atoms with Crippen LogP contribution in [0.5, 0.6) is 5.75 Å². The highest BCUT2D eigenvalue weighted by atomic mass is 32.2. The molecule has 11 nitrogen and oxygen atoms in total. The predicted octanol–water partition coefficient (Wildman–Crippen LogP) is 7.23. The fraction of sp³-hybridized carbons (Fsp3) is 0.512. The van der Waals surface area contributed by atoms with Crippen molar-refractivity contribution < 1.29 is 22.7 Å². The summed E-state index contributed by atoms with van der Waals surface area (Å²) in [5, 5.41) is 5.30. The van der Waals surface area contributed by atoms with Gasteiger partial charge in [0.2, 0.25) is 10.0 Å². The fourth-order valence-electron chi connectivity index (χ4n) is 9.92. The monoisotopic (exact) mass is 764 g/mol. The van der Waals surface area contributed by atoms with Crippen LogP contribution >= 0.6 is 0 Å². The van der Waals surface area contributed by atoms with Crippen molar-refractivity contribution in [1.82, 2.24) is 28.9 Å².